The van der Waals surface area contributed by atoms with E-state index < -0.39 is 20.7 Å². The zero-order chi connectivity index (χ0) is 15.6. The fourth-order valence-corrected chi connectivity index (χ4v) is 3.58. The van der Waals surface area contributed by atoms with Gasteiger partial charge in [0.05, 0.1) is 6.54 Å². The topological polar surface area (TPSA) is 85.3 Å². The summed E-state index contributed by atoms with van der Waals surface area (Å²) < 4.78 is 46.5. The van der Waals surface area contributed by atoms with Crippen molar-refractivity contribution in [2.45, 2.75) is 24.9 Å². The predicted molar refractivity (Wildman–Crippen MR) is 79.5 cm³/mol. The molecule has 0 aliphatic rings. The van der Waals surface area contributed by atoms with Crippen LogP contribution in [0.2, 0.25) is 0 Å². The summed E-state index contributed by atoms with van der Waals surface area (Å²) >= 11 is 3.15. The molecule has 0 aliphatic carbocycles. The van der Waals surface area contributed by atoms with E-state index in [0.29, 0.717) is 16.0 Å². The van der Waals surface area contributed by atoms with Gasteiger partial charge in [0.1, 0.15) is 22.2 Å². The van der Waals surface area contributed by atoms with Crippen molar-refractivity contribution < 1.29 is 17.2 Å². The Balaban J connectivity index is 2.29. The predicted octanol–water partition coefficient (Wildman–Crippen LogP) is 2.43. The van der Waals surface area contributed by atoms with Crippen molar-refractivity contribution in [3.63, 3.8) is 0 Å². The molecule has 0 saturated heterocycles. The minimum atomic E-state index is -4.01. The van der Waals surface area contributed by atoms with E-state index in [0.717, 1.165) is 0 Å². The molecule has 0 unspecified atom stereocenters. The Hall–Kier alpha value is -1.22. The average Bonchev–Trinajstić information content (AvgIpc) is 2.84. The fraction of sp³-hybridized carbons (Fsp3) is 0.231. The van der Waals surface area contributed by atoms with Crippen LogP contribution in [0.25, 0.3) is 0 Å². The average molecular weight is 377 g/mol. The molecule has 0 spiro atoms. The Labute approximate surface area is 130 Å². The molecular formula is C13H14BrFN2O3S. The molecule has 3 N–H and O–H groups in total. The summed E-state index contributed by atoms with van der Waals surface area (Å²) in [5.41, 5.74) is 5.53. The first kappa shape index (κ1) is 16.2. The fourth-order valence-electron chi connectivity index (χ4n) is 1.79. The molecule has 2 aromatic rings. The summed E-state index contributed by atoms with van der Waals surface area (Å²) in [5, 5.41) is 0. The van der Waals surface area contributed by atoms with Gasteiger partial charge in [-0.3, -0.25) is 0 Å². The van der Waals surface area contributed by atoms with E-state index >= 15 is 0 Å². The SMILES string of the molecule is Cc1ccc(CNS(=O)(=O)c2cc(Br)cc(CN)c2F)o1. The van der Waals surface area contributed by atoms with Crippen molar-refractivity contribution >= 4 is 26.0 Å². The number of furan rings is 1. The third kappa shape index (κ3) is 3.70. The highest BCUT2D eigenvalue weighted by Crippen LogP contribution is 2.24. The Bertz CT molecular complexity index is 759. The first-order valence-electron chi connectivity index (χ1n) is 6.06. The molecule has 2 rings (SSSR count). The zero-order valence-corrected chi connectivity index (χ0v) is 13.6. The molecule has 0 bridgehead atoms. The van der Waals surface area contributed by atoms with Crippen LogP contribution in [-0.2, 0) is 23.1 Å². The number of nitrogens with one attached hydrogen (secondary N) is 1. The van der Waals surface area contributed by atoms with Crippen molar-refractivity contribution in [2.75, 3.05) is 0 Å². The molecule has 0 amide bonds. The van der Waals surface area contributed by atoms with Crippen molar-refractivity contribution in [3.05, 3.63) is 51.6 Å². The van der Waals surface area contributed by atoms with E-state index in [1.807, 2.05) is 0 Å². The van der Waals surface area contributed by atoms with Crippen molar-refractivity contribution in [3.8, 4) is 0 Å². The molecular weight excluding hydrogens is 363 g/mol. The number of rotatable bonds is 5. The summed E-state index contributed by atoms with van der Waals surface area (Å²) in [5.74, 6) is 0.276. The van der Waals surface area contributed by atoms with Gasteiger partial charge in [-0.1, -0.05) is 15.9 Å². The van der Waals surface area contributed by atoms with Gasteiger partial charge in [-0.25, -0.2) is 17.5 Å². The van der Waals surface area contributed by atoms with Crippen molar-refractivity contribution in [1.82, 2.24) is 4.72 Å². The van der Waals surface area contributed by atoms with Gasteiger partial charge in [-0.05, 0) is 31.2 Å². The summed E-state index contributed by atoms with van der Waals surface area (Å²) in [6.07, 6.45) is 0. The van der Waals surface area contributed by atoms with Crippen molar-refractivity contribution in [2.24, 2.45) is 5.73 Å². The van der Waals surface area contributed by atoms with E-state index in [4.69, 9.17) is 10.2 Å². The van der Waals surface area contributed by atoms with E-state index in [2.05, 4.69) is 20.7 Å². The van der Waals surface area contributed by atoms with Crippen LogP contribution in [0.15, 0.2) is 38.1 Å². The summed E-state index contributed by atoms with van der Waals surface area (Å²) in [4.78, 5) is -0.444. The number of halogens is 2. The quantitative estimate of drug-likeness (QED) is 0.838. The third-order valence-corrected chi connectivity index (χ3v) is 4.68. The van der Waals surface area contributed by atoms with Crippen LogP contribution >= 0.6 is 15.9 Å². The largest absolute Gasteiger partial charge is 0.465 e. The highest BCUT2D eigenvalue weighted by molar-refractivity contribution is 9.10. The molecule has 0 fully saturated rings. The van der Waals surface area contributed by atoms with E-state index in [1.54, 1.807) is 19.1 Å². The lowest BCUT2D eigenvalue weighted by Gasteiger charge is -2.10. The van der Waals surface area contributed by atoms with Gasteiger partial charge < -0.3 is 10.2 Å². The van der Waals surface area contributed by atoms with Gasteiger partial charge in [0.25, 0.3) is 0 Å². The molecule has 0 radical (unpaired) electrons. The smallest absolute Gasteiger partial charge is 0.243 e. The zero-order valence-electron chi connectivity index (χ0n) is 11.2. The van der Waals surface area contributed by atoms with E-state index in [1.165, 1.54) is 12.1 Å². The highest BCUT2D eigenvalue weighted by Gasteiger charge is 2.22. The minimum absolute atomic E-state index is 0.0555. The Morgan fingerprint density at radius 2 is 2.10 bits per heavy atom. The van der Waals surface area contributed by atoms with Crippen LogP contribution in [0.1, 0.15) is 17.1 Å². The molecule has 1 aromatic carbocycles. The van der Waals surface area contributed by atoms with E-state index in [-0.39, 0.29) is 18.7 Å². The number of sulfonamides is 1. The normalized spacial score (nSPS) is 11.8. The molecule has 0 atom stereocenters. The van der Waals surface area contributed by atoms with Gasteiger partial charge in [-0.2, -0.15) is 0 Å². The second kappa shape index (κ2) is 6.27. The first-order chi connectivity index (χ1) is 9.83. The van der Waals surface area contributed by atoms with Crippen LogP contribution in [0.4, 0.5) is 4.39 Å². The third-order valence-electron chi connectivity index (χ3n) is 2.82. The molecule has 8 heteroatoms. The van der Waals surface area contributed by atoms with Crippen LogP contribution in [-0.4, -0.2) is 8.42 Å². The Morgan fingerprint density at radius 1 is 1.38 bits per heavy atom. The van der Waals surface area contributed by atoms with Crippen LogP contribution < -0.4 is 10.5 Å². The molecule has 1 aromatic heterocycles. The summed E-state index contributed by atoms with van der Waals surface area (Å²) in [6, 6.07) is 6.02. The second-order valence-electron chi connectivity index (χ2n) is 4.42. The number of benzene rings is 1. The number of nitrogens with two attached hydrogens (primary N) is 1. The number of hydrogen-bond acceptors (Lipinski definition) is 4. The summed E-state index contributed by atoms with van der Waals surface area (Å²) in [6.45, 7) is 1.60. The lowest BCUT2D eigenvalue weighted by Crippen LogP contribution is -2.24. The maximum absolute atomic E-state index is 14.1. The first-order valence-corrected chi connectivity index (χ1v) is 8.34. The van der Waals surface area contributed by atoms with Gasteiger partial charge in [0, 0.05) is 16.6 Å². The monoisotopic (exact) mass is 376 g/mol. The molecule has 21 heavy (non-hydrogen) atoms. The minimum Gasteiger partial charge on any atom is -0.465 e. The van der Waals surface area contributed by atoms with Crippen LogP contribution in [0, 0.1) is 12.7 Å². The van der Waals surface area contributed by atoms with Gasteiger partial charge >= 0.3 is 0 Å². The maximum Gasteiger partial charge on any atom is 0.243 e. The summed E-state index contributed by atoms with van der Waals surface area (Å²) in [7, 11) is -4.01. The molecule has 0 aliphatic heterocycles. The standard InChI is InChI=1S/C13H14BrFN2O3S/c1-8-2-3-11(20-8)7-17-21(18,19)12-5-10(14)4-9(6-16)13(12)15/h2-5,17H,6-7,16H2,1H3. The van der Waals surface area contributed by atoms with E-state index in [9.17, 15) is 12.8 Å². The maximum atomic E-state index is 14.1. The lowest BCUT2D eigenvalue weighted by molar-refractivity contribution is 0.474. The van der Waals surface area contributed by atoms with Gasteiger partial charge in [0.2, 0.25) is 10.0 Å². The Kier molecular flexibility index (Phi) is 4.82. The van der Waals surface area contributed by atoms with Gasteiger partial charge in [0.15, 0.2) is 0 Å². The van der Waals surface area contributed by atoms with Gasteiger partial charge in [-0.15, -0.1) is 0 Å². The second-order valence-corrected chi connectivity index (χ2v) is 7.07. The lowest BCUT2D eigenvalue weighted by atomic mass is 10.2. The number of aryl methyl sites for hydroxylation is 1. The Morgan fingerprint density at radius 3 is 2.67 bits per heavy atom. The molecule has 1 heterocycles. The van der Waals surface area contributed by atoms with Crippen molar-refractivity contribution in [1.29, 1.82) is 0 Å². The molecule has 5 nitrogen and oxygen atoms in total. The molecule has 114 valence electrons. The molecule has 0 saturated carbocycles. The van der Waals surface area contributed by atoms with Crippen LogP contribution in [0.3, 0.4) is 0 Å². The van der Waals surface area contributed by atoms with Crippen LogP contribution in [0.5, 0.6) is 0 Å². The highest BCUT2D eigenvalue weighted by atomic mass is 79.9. The number of hydrogen-bond donors (Lipinski definition) is 2.